The lowest BCUT2D eigenvalue weighted by Crippen LogP contribution is -2.44. The van der Waals surface area contributed by atoms with E-state index in [1.165, 1.54) is 6.26 Å². The Bertz CT molecular complexity index is 841. The van der Waals surface area contributed by atoms with Gasteiger partial charge < -0.3 is 9.47 Å². The van der Waals surface area contributed by atoms with Crippen LogP contribution < -0.4 is 0 Å². The third kappa shape index (κ3) is 3.34. The maximum absolute atomic E-state index is 12.6. The van der Waals surface area contributed by atoms with Crippen LogP contribution in [-0.4, -0.2) is 48.4 Å². The van der Waals surface area contributed by atoms with Crippen molar-refractivity contribution in [2.45, 2.75) is 43.5 Å². The number of aromatic nitrogens is 1. The van der Waals surface area contributed by atoms with Crippen molar-refractivity contribution in [1.82, 2.24) is 9.47 Å². The van der Waals surface area contributed by atoms with Gasteiger partial charge in [-0.15, -0.1) is 0 Å². The molecule has 0 bridgehead atoms. The molecule has 1 amide bonds. The van der Waals surface area contributed by atoms with Gasteiger partial charge in [0.2, 0.25) is 5.91 Å². The molecular formula is C18H24N2O3S. The Labute approximate surface area is 143 Å². The van der Waals surface area contributed by atoms with E-state index in [4.69, 9.17) is 0 Å². The first-order valence-corrected chi connectivity index (χ1v) is 10.3. The van der Waals surface area contributed by atoms with Crippen LogP contribution in [0.2, 0.25) is 0 Å². The van der Waals surface area contributed by atoms with Crippen LogP contribution in [0.1, 0.15) is 25.7 Å². The molecule has 3 rings (SSSR count). The van der Waals surface area contributed by atoms with Crippen molar-refractivity contribution in [2.75, 3.05) is 13.3 Å². The zero-order valence-electron chi connectivity index (χ0n) is 14.2. The number of carbonyl (C=O) groups excluding carboxylic acids is 1. The molecule has 1 aromatic heterocycles. The van der Waals surface area contributed by atoms with Crippen molar-refractivity contribution in [2.24, 2.45) is 0 Å². The maximum atomic E-state index is 12.6. The molecule has 2 aromatic rings. The van der Waals surface area contributed by atoms with Gasteiger partial charge in [0.25, 0.3) is 0 Å². The van der Waals surface area contributed by atoms with E-state index < -0.39 is 15.1 Å². The summed E-state index contributed by atoms with van der Waals surface area (Å²) < 4.78 is 25.9. The normalized spacial score (nSPS) is 21.2. The highest BCUT2D eigenvalue weighted by Crippen LogP contribution is 2.29. The standard InChI is InChI=1S/C18H24N2O3S/c1-19(16-8-5-9-17(16)24(2,22)23)18(21)11-13-20-12-10-14-6-3-4-7-15(14)20/h3-4,6-7,10,12,16-17H,5,8-9,11,13H2,1-2H3. The Morgan fingerprint density at radius 1 is 1.25 bits per heavy atom. The minimum Gasteiger partial charge on any atom is -0.347 e. The highest BCUT2D eigenvalue weighted by atomic mass is 32.2. The van der Waals surface area contributed by atoms with Gasteiger partial charge in [-0.25, -0.2) is 8.42 Å². The molecule has 24 heavy (non-hydrogen) atoms. The lowest BCUT2D eigenvalue weighted by atomic mass is 10.2. The van der Waals surface area contributed by atoms with Gasteiger partial charge in [0, 0.05) is 44.0 Å². The smallest absolute Gasteiger partial charge is 0.224 e. The topological polar surface area (TPSA) is 59.4 Å². The number of sulfone groups is 1. The minimum absolute atomic E-state index is 0.00771. The Morgan fingerprint density at radius 3 is 2.75 bits per heavy atom. The monoisotopic (exact) mass is 348 g/mol. The van der Waals surface area contributed by atoms with Gasteiger partial charge in [0.05, 0.1) is 5.25 Å². The Hall–Kier alpha value is -1.82. The fourth-order valence-corrected chi connectivity index (χ4v) is 5.25. The maximum Gasteiger partial charge on any atom is 0.224 e. The molecule has 2 atom stereocenters. The predicted octanol–water partition coefficient (Wildman–Crippen LogP) is 2.46. The molecule has 6 heteroatoms. The first-order chi connectivity index (χ1) is 11.4. The van der Waals surface area contributed by atoms with Crippen LogP contribution in [0.3, 0.4) is 0 Å². The molecule has 1 fully saturated rings. The SMILES string of the molecule is CN(C(=O)CCn1ccc2ccccc21)C1CCCC1S(C)(=O)=O. The molecule has 0 N–H and O–H groups in total. The van der Waals surface area contributed by atoms with Crippen LogP contribution in [0.5, 0.6) is 0 Å². The lowest BCUT2D eigenvalue weighted by Gasteiger charge is -2.29. The van der Waals surface area contributed by atoms with Gasteiger partial charge in [-0.1, -0.05) is 18.2 Å². The van der Waals surface area contributed by atoms with E-state index in [0.29, 0.717) is 19.4 Å². The Balaban J connectivity index is 1.66. The molecule has 5 nitrogen and oxygen atoms in total. The van der Waals surface area contributed by atoms with E-state index in [2.05, 4.69) is 10.6 Å². The van der Waals surface area contributed by atoms with Crippen molar-refractivity contribution in [3.8, 4) is 0 Å². The Morgan fingerprint density at radius 2 is 2.00 bits per heavy atom. The number of hydrogen-bond acceptors (Lipinski definition) is 3. The summed E-state index contributed by atoms with van der Waals surface area (Å²) in [4.78, 5) is 14.2. The zero-order valence-corrected chi connectivity index (χ0v) is 15.0. The van der Waals surface area contributed by atoms with Crippen LogP contribution in [0.25, 0.3) is 10.9 Å². The number of fused-ring (bicyclic) bond motifs is 1. The molecule has 1 aliphatic rings. The number of hydrogen-bond donors (Lipinski definition) is 0. The summed E-state index contributed by atoms with van der Waals surface area (Å²) in [5.41, 5.74) is 1.11. The van der Waals surface area contributed by atoms with E-state index in [0.717, 1.165) is 23.7 Å². The summed E-state index contributed by atoms with van der Waals surface area (Å²) in [7, 11) is -1.38. The van der Waals surface area contributed by atoms with E-state index in [9.17, 15) is 13.2 Å². The van der Waals surface area contributed by atoms with Gasteiger partial charge in [0.1, 0.15) is 0 Å². The first kappa shape index (κ1) is 17.0. The number of para-hydroxylation sites is 1. The van der Waals surface area contributed by atoms with Crippen molar-refractivity contribution in [1.29, 1.82) is 0 Å². The largest absolute Gasteiger partial charge is 0.347 e. The number of nitrogens with zero attached hydrogens (tertiary/aromatic N) is 2. The van der Waals surface area contributed by atoms with Crippen LogP contribution in [0, 0.1) is 0 Å². The number of amides is 1. The van der Waals surface area contributed by atoms with Crippen molar-refractivity contribution >= 4 is 26.6 Å². The summed E-state index contributed by atoms with van der Waals surface area (Å²) in [5.74, 6) is 0.00771. The number of carbonyl (C=O) groups is 1. The van der Waals surface area contributed by atoms with Crippen LogP contribution in [0.15, 0.2) is 36.5 Å². The predicted molar refractivity (Wildman–Crippen MR) is 95.6 cm³/mol. The lowest BCUT2D eigenvalue weighted by molar-refractivity contribution is -0.132. The van der Waals surface area contributed by atoms with Crippen LogP contribution >= 0.6 is 0 Å². The van der Waals surface area contributed by atoms with Crippen molar-refractivity contribution in [3.05, 3.63) is 36.5 Å². The van der Waals surface area contributed by atoms with Gasteiger partial charge >= 0.3 is 0 Å². The molecule has 0 spiro atoms. The molecule has 2 unspecified atom stereocenters. The van der Waals surface area contributed by atoms with E-state index in [1.54, 1.807) is 11.9 Å². The summed E-state index contributed by atoms with van der Waals surface area (Å²) in [6, 6.07) is 9.93. The highest BCUT2D eigenvalue weighted by molar-refractivity contribution is 7.91. The van der Waals surface area contributed by atoms with Gasteiger partial charge in [0.15, 0.2) is 9.84 Å². The van der Waals surface area contributed by atoms with Gasteiger partial charge in [-0.2, -0.15) is 0 Å². The number of rotatable bonds is 5. The Kier molecular flexibility index (Phi) is 4.67. The summed E-state index contributed by atoms with van der Waals surface area (Å²) in [6.45, 7) is 0.604. The second kappa shape index (κ2) is 6.59. The van der Waals surface area contributed by atoms with Crippen molar-refractivity contribution < 1.29 is 13.2 Å². The van der Waals surface area contributed by atoms with Crippen LogP contribution in [0.4, 0.5) is 0 Å². The van der Waals surface area contributed by atoms with Crippen LogP contribution in [-0.2, 0) is 21.2 Å². The molecule has 1 aromatic carbocycles. The molecular weight excluding hydrogens is 324 g/mol. The van der Waals surface area contributed by atoms with Gasteiger partial charge in [-0.3, -0.25) is 4.79 Å². The summed E-state index contributed by atoms with van der Waals surface area (Å²) >= 11 is 0. The first-order valence-electron chi connectivity index (χ1n) is 8.36. The minimum atomic E-state index is -3.12. The van der Waals surface area contributed by atoms with Crippen molar-refractivity contribution in [3.63, 3.8) is 0 Å². The van der Waals surface area contributed by atoms with Gasteiger partial charge in [-0.05, 0) is 36.8 Å². The summed E-state index contributed by atoms with van der Waals surface area (Å²) in [6.07, 6.45) is 5.94. The number of benzene rings is 1. The second-order valence-corrected chi connectivity index (χ2v) is 8.95. The summed E-state index contributed by atoms with van der Waals surface area (Å²) in [5, 5.41) is 0.741. The highest BCUT2D eigenvalue weighted by Gasteiger charge is 2.38. The number of aryl methyl sites for hydroxylation is 1. The molecule has 1 heterocycles. The fraction of sp³-hybridized carbons (Fsp3) is 0.500. The van der Waals surface area contributed by atoms with E-state index >= 15 is 0 Å². The molecule has 0 saturated heterocycles. The molecule has 130 valence electrons. The average Bonchev–Trinajstić information content (AvgIpc) is 3.18. The molecule has 1 saturated carbocycles. The molecule has 0 aliphatic heterocycles. The third-order valence-corrected chi connectivity index (χ3v) is 6.76. The van der Waals surface area contributed by atoms with E-state index in [1.807, 2.05) is 30.5 Å². The third-order valence-electron chi connectivity index (χ3n) is 5.11. The molecule has 1 aliphatic carbocycles. The fourth-order valence-electron chi connectivity index (χ4n) is 3.76. The quantitative estimate of drug-likeness (QED) is 0.834. The zero-order chi connectivity index (χ0) is 17.3. The molecule has 0 radical (unpaired) electrons. The van der Waals surface area contributed by atoms with E-state index in [-0.39, 0.29) is 11.9 Å². The second-order valence-electron chi connectivity index (χ2n) is 6.69. The average molecular weight is 348 g/mol.